The molecule has 0 atom stereocenters. The van der Waals surface area contributed by atoms with E-state index in [1.54, 1.807) is 36.4 Å². The van der Waals surface area contributed by atoms with Crippen LogP contribution in [0.5, 0.6) is 0 Å². The molecule has 154 valence electrons. The molecule has 1 aromatic carbocycles. The lowest BCUT2D eigenvalue weighted by Crippen LogP contribution is -2.22. The Balaban J connectivity index is 1.44. The van der Waals surface area contributed by atoms with E-state index in [4.69, 9.17) is 4.42 Å². The number of carbonyl (C=O) groups is 1. The van der Waals surface area contributed by atoms with E-state index in [0.29, 0.717) is 18.1 Å². The van der Waals surface area contributed by atoms with Gasteiger partial charge < -0.3 is 9.73 Å². The number of sulfonamides is 1. The fraction of sp³-hybridized carbons (Fsp3) is 0.318. The standard InChI is InChI=1S/C22H26N2O4S/c25-22(23-16-15-18-7-3-1-4-8-18)14-13-19-11-12-20(28-19)17-24-29(26,27)21-9-5-2-6-10-21/h2,5-7,9-14,24H,1,3-4,8,15-17H2,(H,23,25)/b14-13+. The first-order valence-electron chi connectivity index (χ1n) is 9.80. The molecule has 0 saturated carbocycles. The summed E-state index contributed by atoms with van der Waals surface area (Å²) in [5, 5.41) is 2.87. The molecule has 1 heterocycles. The van der Waals surface area contributed by atoms with Crippen molar-refractivity contribution in [2.24, 2.45) is 0 Å². The highest BCUT2D eigenvalue weighted by Crippen LogP contribution is 2.19. The minimum absolute atomic E-state index is 0.0341. The van der Waals surface area contributed by atoms with E-state index >= 15 is 0 Å². The predicted octanol–water partition coefficient (Wildman–Crippen LogP) is 3.78. The number of amides is 1. The fourth-order valence-corrected chi connectivity index (χ4v) is 4.14. The highest BCUT2D eigenvalue weighted by atomic mass is 32.2. The monoisotopic (exact) mass is 414 g/mol. The van der Waals surface area contributed by atoms with Crippen LogP contribution in [0.3, 0.4) is 0 Å². The Hall–Kier alpha value is -2.64. The first kappa shape index (κ1) is 21.1. The second-order valence-corrected chi connectivity index (χ2v) is 8.69. The molecule has 1 aliphatic rings. The molecule has 6 nitrogen and oxygen atoms in total. The van der Waals surface area contributed by atoms with Crippen molar-refractivity contribution in [3.05, 3.63) is 71.7 Å². The van der Waals surface area contributed by atoms with Gasteiger partial charge in [0.05, 0.1) is 11.4 Å². The van der Waals surface area contributed by atoms with Crippen LogP contribution in [-0.4, -0.2) is 20.9 Å². The lowest BCUT2D eigenvalue weighted by molar-refractivity contribution is -0.116. The van der Waals surface area contributed by atoms with E-state index in [2.05, 4.69) is 16.1 Å². The summed E-state index contributed by atoms with van der Waals surface area (Å²) in [7, 11) is -3.59. The van der Waals surface area contributed by atoms with Gasteiger partial charge in [0.2, 0.25) is 15.9 Å². The van der Waals surface area contributed by atoms with Crippen molar-refractivity contribution in [1.29, 1.82) is 0 Å². The van der Waals surface area contributed by atoms with Crippen LogP contribution in [0.25, 0.3) is 6.08 Å². The molecule has 0 unspecified atom stereocenters. The summed E-state index contributed by atoms with van der Waals surface area (Å²) in [6.45, 7) is 0.659. The number of carbonyl (C=O) groups excluding carboxylic acids is 1. The molecule has 1 aliphatic carbocycles. The topological polar surface area (TPSA) is 88.4 Å². The molecule has 1 amide bonds. The minimum atomic E-state index is -3.59. The van der Waals surface area contributed by atoms with E-state index in [0.717, 1.165) is 19.3 Å². The number of hydrogen-bond donors (Lipinski definition) is 2. The summed E-state index contributed by atoms with van der Waals surface area (Å²) >= 11 is 0. The molecule has 0 bridgehead atoms. The van der Waals surface area contributed by atoms with Gasteiger partial charge in [0, 0.05) is 12.6 Å². The molecule has 29 heavy (non-hydrogen) atoms. The van der Waals surface area contributed by atoms with Gasteiger partial charge in [-0.2, -0.15) is 0 Å². The minimum Gasteiger partial charge on any atom is -0.460 e. The average Bonchev–Trinajstić information content (AvgIpc) is 3.20. The highest BCUT2D eigenvalue weighted by molar-refractivity contribution is 7.89. The van der Waals surface area contributed by atoms with Gasteiger partial charge in [0.1, 0.15) is 11.5 Å². The largest absolute Gasteiger partial charge is 0.460 e. The number of allylic oxidation sites excluding steroid dienone is 1. The Kier molecular flexibility index (Phi) is 7.43. The number of furan rings is 1. The van der Waals surface area contributed by atoms with Crippen molar-refractivity contribution in [3.63, 3.8) is 0 Å². The summed E-state index contributed by atoms with van der Waals surface area (Å²) in [4.78, 5) is 12.1. The number of benzene rings is 1. The Morgan fingerprint density at radius 1 is 1.10 bits per heavy atom. The third kappa shape index (κ3) is 6.73. The number of nitrogens with one attached hydrogen (secondary N) is 2. The predicted molar refractivity (Wildman–Crippen MR) is 112 cm³/mol. The Labute approximate surface area is 171 Å². The van der Waals surface area contributed by atoms with E-state index in [1.807, 2.05) is 0 Å². The fourth-order valence-electron chi connectivity index (χ4n) is 3.12. The van der Waals surface area contributed by atoms with Crippen LogP contribution in [0.15, 0.2) is 69.5 Å². The van der Waals surface area contributed by atoms with Gasteiger partial charge in [0.15, 0.2) is 0 Å². The van der Waals surface area contributed by atoms with Crippen molar-refractivity contribution >= 4 is 22.0 Å². The summed E-state index contributed by atoms with van der Waals surface area (Å²) in [6.07, 6.45) is 10.9. The highest BCUT2D eigenvalue weighted by Gasteiger charge is 2.13. The third-order valence-corrected chi connectivity index (χ3v) is 6.12. The summed E-state index contributed by atoms with van der Waals surface area (Å²) < 4.78 is 32.5. The molecule has 0 saturated heterocycles. The van der Waals surface area contributed by atoms with Gasteiger partial charge in [-0.15, -0.1) is 0 Å². The molecule has 0 spiro atoms. The molecular formula is C22H26N2O4S. The van der Waals surface area contributed by atoms with Gasteiger partial charge >= 0.3 is 0 Å². The third-order valence-electron chi connectivity index (χ3n) is 4.70. The van der Waals surface area contributed by atoms with Crippen LogP contribution in [0.4, 0.5) is 0 Å². The van der Waals surface area contributed by atoms with E-state index in [-0.39, 0.29) is 17.3 Å². The van der Waals surface area contributed by atoms with Gasteiger partial charge in [-0.25, -0.2) is 13.1 Å². The molecular weight excluding hydrogens is 388 g/mol. The maximum Gasteiger partial charge on any atom is 0.244 e. The summed E-state index contributed by atoms with van der Waals surface area (Å²) in [5.74, 6) is 0.780. The average molecular weight is 415 g/mol. The Morgan fingerprint density at radius 3 is 2.69 bits per heavy atom. The van der Waals surface area contributed by atoms with Crippen molar-refractivity contribution in [1.82, 2.24) is 10.0 Å². The summed E-state index contributed by atoms with van der Waals surface area (Å²) in [5.41, 5.74) is 1.43. The normalized spacial score (nSPS) is 14.7. The molecule has 3 rings (SSSR count). The maximum absolute atomic E-state index is 12.2. The van der Waals surface area contributed by atoms with Gasteiger partial charge in [0.25, 0.3) is 0 Å². The molecule has 0 fully saturated rings. The molecule has 2 N–H and O–H groups in total. The number of hydrogen-bond acceptors (Lipinski definition) is 4. The van der Waals surface area contributed by atoms with Crippen molar-refractivity contribution in [2.75, 3.05) is 6.54 Å². The van der Waals surface area contributed by atoms with Crippen molar-refractivity contribution in [3.8, 4) is 0 Å². The first-order chi connectivity index (χ1) is 14.0. The van der Waals surface area contributed by atoms with Crippen LogP contribution in [-0.2, 0) is 21.4 Å². The SMILES string of the molecule is O=C(/C=C/c1ccc(CNS(=O)(=O)c2ccccc2)o1)NCCC1=CCCCC1. The quantitative estimate of drug-likeness (QED) is 0.483. The van der Waals surface area contributed by atoms with Crippen LogP contribution in [0.2, 0.25) is 0 Å². The van der Waals surface area contributed by atoms with Crippen LogP contribution >= 0.6 is 0 Å². The van der Waals surface area contributed by atoms with Gasteiger partial charge in [-0.05, 0) is 62.4 Å². The van der Waals surface area contributed by atoms with E-state index < -0.39 is 10.0 Å². The van der Waals surface area contributed by atoms with Crippen molar-refractivity contribution in [2.45, 2.75) is 43.5 Å². The maximum atomic E-state index is 12.2. The molecule has 0 radical (unpaired) electrons. The van der Waals surface area contributed by atoms with E-state index in [9.17, 15) is 13.2 Å². The van der Waals surface area contributed by atoms with Crippen LogP contribution < -0.4 is 10.0 Å². The Bertz CT molecular complexity index is 975. The second-order valence-electron chi connectivity index (χ2n) is 6.92. The zero-order valence-corrected chi connectivity index (χ0v) is 17.1. The smallest absolute Gasteiger partial charge is 0.244 e. The van der Waals surface area contributed by atoms with E-state index in [1.165, 1.54) is 36.6 Å². The lowest BCUT2D eigenvalue weighted by Gasteiger charge is -2.12. The molecule has 1 aromatic heterocycles. The zero-order chi connectivity index (χ0) is 20.5. The summed E-state index contributed by atoms with van der Waals surface area (Å²) in [6, 6.07) is 11.5. The molecule has 2 aromatic rings. The van der Waals surface area contributed by atoms with Gasteiger partial charge in [-0.1, -0.05) is 29.8 Å². The van der Waals surface area contributed by atoms with Crippen molar-refractivity contribution < 1.29 is 17.6 Å². The van der Waals surface area contributed by atoms with Crippen LogP contribution in [0, 0.1) is 0 Å². The second kappa shape index (κ2) is 10.2. The number of rotatable bonds is 9. The van der Waals surface area contributed by atoms with Gasteiger partial charge in [-0.3, -0.25) is 4.79 Å². The molecule has 0 aliphatic heterocycles. The Morgan fingerprint density at radius 2 is 1.93 bits per heavy atom. The lowest BCUT2D eigenvalue weighted by atomic mass is 9.97. The zero-order valence-electron chi connectivity index (χ0n) is 16.3. The molecule has 7 heteroatoms. The van der Waals surface area contributed by atoms with Crippen LogP contribution in [0.1, 0.15) is 43.6 Å². The first-order valence-corrected chi connectivity index (χ1v) is 11.3.